The maximum absolute atomic E-state index is 5.48. The third kappa shape index (κ3) is 4.24. The fourth-order valence-corrected chi connectivity index (χ4v) is 1.73. The lowest BCUT2D eigenvalue weighted by molar-refractivity contribution is 0.414. The summed E-state index contributed by atoms with van der Waals surface area (Å²) in [4.78, 5) is 0. The first-order valence-corrected chi connectivity index (χ1v) is 6.71. The van der Waals surface area contributed by atoms with Crippen LogP contribution in [0.5, 0.6) is 5.75 Å². The van der Waals surface area contributed by atoms with Crippen molar-refractivity contribution in [2.24, 2.45) is 0 Å². The van der Waals surface area contributed by atoms with Gasteiger partial charge in [0.05, 0.1) is 13.7 Å². The molecule has 0 spiro atoms. The lowest BCUT2D eigenvalue weighted by Crippen LogP contribution is -2.13. The molecule has 1 aromatic carbocycles. The smallest absolute Gasteiger partial charge is 0.315 e. The Kier molecular flexibility index (Phi) is 5.37. The SMILES string of the molecule is CCCNCc1nnc(NCc2cccc(OC)c2)o1. The topological polar surface area (TPSA) is 72.2 Å². The predicted molar refractivity (Wildman–Crippen MR) is 76.6 cm³/mol. The maximum atomic E-state index is 5.48. The molecule has 2 N–H and O–H groups in total. The number of nitrogens with one attached hydrogen (secondary N) is 2. The zero-order chi connectivity index (χ0) is 14.2. The predicted octanol–water partition coefficient (Wildman–Crippen LogP) is 2.19. The largest absolute Gasteiger partial charge is 0.497 e. The molecule has 0 aliphatic heterocycles. The van der Waals surface area contributed by atoms with E-state index in [0.29, 0.717) is 25.0 Å². The van der Waals surface area contributed by atoms with Gasteiger partial charge in [-0.05, 0) is 30.7 Å². The Labute approximate surface area is 118 Å². The van der Waals surface area contributed by atoms with Crippen molar-refractivity contribution in [2.75, 3.05) is 19.0 Å². The third-order valence-corrected chi connectivity index (χ3v) is 2.75. The van der Waals surface area contributed by atoms with Gasteiger partial charge in [-0.3, -0.25) is 0 Å². The summed E-state index contributed by atoms with van der Waals surface area (Å²) in [5, 5.41) is 14.2. The van der Waals surface area contributed by atoms with Crippen molar-refractivity contribution >= 4 is 6.01 Å². The van der Waals surface area contributed by atoms with Crippen molar-refractivity contribution in [1.82, 2.24) is 15.5 Å². The summed E-state index contributed by atoms with van der Waals surface area (Å²) in [7, 11) is 1.65. The molecule has 0 aliphatic carbocycles. The zero-order valence-corrected chi connectivity index (χ0v) is 11.8. The maximum Gasteiger partial charge on any atom is 0.315 e. The molecule has 0 radical (unpaired) electrons. The van der Waals surface area contributed by atoms with Gasteiger partial charge in [-0.1, -0.05) is 24.2 Å². The highest BCUT2D eigenvalue weighted by atomic mass is 16.5. The molecule has 2 rings (SSSR count). The molecule has 20 heavy (non-hydrogen) atoms. The van der Waals surface area contributed by atoms with Crippen molar-refractivity contribution in [3.8, 4) is 5.75 Å². The van der Waals surface area contributed by atoms with E-state index in [4.69, 9.17) is 9.15 Å². The molecule has 0 aliphatic rings. The van der Waals surface area contributed by atoms with Gasteiger partial charge in [0.1, 0.15) is 5.75 Å². The monoisotopic (exact) mass is 276 g/mol. The molecule has 6 nitrogen and oxygen atoms in total. The molecule has 0 atom stereocenters. The van der Waals surface area contributed by atoms with E-state index >= 15 is 0 Å². The first-order valence-electron chi connectivity index (χ1n) is 6.71. The summed E-state index contributed by atoms with van der Waals surface area (Å²) in [6.45, 7) is 4.26. The number of methoxy groups -OCH3 is 1. The summed E-state index contributed by atoms with van der Waals surface area (Å²) in [6, 6.07) is 8.27. The van der Waals surface area contributed by atoms with Crippen LogP contribution in [0.15, 0.2) is 28.7 Å². The van der Waals surface area contributed by atoms with E-state index < -0.39 is 0 Å². The van der Waals surface area contributed by atoms with Crippen LogP contribution >= 0.6 is 0 Å². The van der Waals surface area contributed by atoms with E-state index in [0.717, 1.165) is 24.3 Å². The van der Waals surface area contributed by atoms with Crippen molar-refractivity contribution in [3.05, 3.63) is 35.7 Å². The molecular weight excluding hydrogens is 256 g/mol. The highest BCUT2D eigenvalue weighted by Crippen LogP contribution is 2.14. The van der Waals surface area contributed by atoms with Crippen molar-refractivity contribution in [3.63, 3.8) is 0 Å². The van der Waals surface area contributed by atoms with Gasteiger partial charge in [0.25, 0.3) is 0 Å². The molecule has 0 unspecified atom stereocenters. The molecule has 0 saturated carbocycles. The van der Waals surface area contributed by atoms with Crippen LogP contribution < -0.4 is 15.4 Å². The van der Waals surface area contributed by atoms with Gasteiger partial charge in [0.2, 0.25) is 5.89 Å². The van der Waals surface area contributed by atoms with Crippen molar-refractivity contribution in [1.29, 1.82) is 0 Å². The molecule has 1 heterocycles. The Morgan fingerprint density at radius 3 is 2.95 bits per heavy atom. The zero-order valence-electron chi connectivity index (χ0n) is 11.8. The average Bonchev–Trinajstić information content (AvgIpc) is 2.94. The van der Waals surface area contributed by atoms with E-state index in [1.807, 2.05) is 24.3 Å². The quantitative estimate of drug-likeness (QED) is 0.720. The van der Waals surface area contributed by atoms with Gasteiger partial charge in [0.15, 0.2) is 0 Å². The van der Waals surface area contributed by atoms with E-state index in [1.54, 1.807) is 7.11 Å². The Morgan fingerprint density at radius 2 is 2.15 bits per heavy atom. The van der Waals surface area contributed by atoms with Gasteiger partial charge < -0.3 is 19.8 Å². The highest BCUT2D eigenvalue weighted by molar-refractivity contribution is 5.31. The van der Waals surface area contributed by atoms with E-state index in [1.165, 1.54) is 0 Å². The number of rotatable bonds is 8. The number of benzene rings is 1. The minimum Gasteiger partial charge on any atom is -0.497 e. The fraction of sp³-hybridized carbons (Fsp3) is 0.429. The number of nitrogens with zero attached hydrogens (tertiary/aromatic N) is 2. The first-order chi connectivity index (χ1) is 9.81. The molecule has 0 saturated heterocycles. The molecule has 0 fully saturated rings. The lowest BCUT2D eigenvalue weighted by Gasteiger charge is -2.04. The van der Waals surface area contributed by atoms with Crippen LogP contribution in [-0.2, 0) is 13.1 Å². The van der Waals surface area contributed by atoms with Crippen LogP contribution in [-0.4, -0.2) is 23.9 Å². The Bertz CT molecular complexity index is 527. The summed E-state index contributed by atoms with van der Waals surface area (Å²) < 4.78 is 10.7. The van der Waals surface area contributed by atoms with Crippen molar-refractivity contribution < 1.29 is 9.15 Å². The Morgan fingerprint density at radius 1 is 1.25 bits per heavy atom. The minimum absolute atomic E-state index is 0.432. The third-order valence-electron chi connectivity index (χ3n) is 2.75. The summed E-state index contributed by atoms with van der Waals surface area (Å²) in [5.41, 5.74) is 1.09. The van der Waals surface area contributed by atoms with E-state index in [2.05, 4.69) is 27.8 Å². The second-order valence-corrected chi connectivity index (χ2v) is 4.38. The molecule has 108 valence electrons. The molecule has 0 amide bonds. The van der Waals surface area contributed by atoms with Gasteiger partial charge in [-0.2, -0.15) is 0 Å². The molecule has 2 aromatic rings. The Hall–Kier alpha value is -2.08. The summed E-state index contributed by atoms with van der Waals surface area (Å²) in [5.74, 6) is 1.42. The van der Waals surface area contributed by atoms with Crippen LogP contribution in [0.25, 0.3) is 0 Å². The van der Waals surface area contributed by atoms with E-state index in [-0.39, 0.29) is 0 Å². The fourth-order valence-electron chi connectivity index (χ4n) is 1.73. The summed E-state index contributed by atoms with van der Waals surface area (Å²) >= 11 is 0. The average molecular weight is 276 g/mol. The number of aromatic nitrogens is 2. The van der Waals surface area contributed by atoms with Crippen LogP contribution in [0, 0.1) is 0 Å². The normalized spacial score (nSPS) is 10.5. The van der Waals surface area contributed by atoms with Crippen LogP contribution in [0.2, 0.25) is 0 Å². The summed E-state index contributed by atoms with van der Waals surface area (Å²) in [6.07, 6.45) is 1.08. The van der Waals surface area contributed by atoms with Gasteiger partial charge in [0, 0.05) is 6.54 Å². The standard InChI is InChI=1S/C14H20N4O2/c1-3-7-15-10-13-17-18-14(20-13)16-9-11-5-4-6-12(8-11)19-2/h4-6,8,15H,3,7,9-10H2,1-2H3,(H,16,18). The van der Waals surface area contributed by atoms with E-state index in [9.17, 15) is 0 Å². The highest BCUT2D eigenvalue weighted by Gasteiger charge is 2.05. The first kappa shape index (κ1) is 14.3. The number of hydrogen-bond acceptors (Lipinski definition) is 6. The van der Waals surface area contributed by atoms with Gasteiger partial charge in [-0.25, -0.2) is 0 Å². The van der Waals surface area contributed by atoms with Gasteiger partial charge >= 0.3 is 6.01 Å². The second kappa shape index (κ2) is 7.49. The van der Waals surface area contributed by atoms with Crippen molar-refractivity contribution in [2.45, 2.75) is 26.4 Å². The molecular formula is C14H20N4O2. The molecule has 1 aromatic heterocycles. The van der Waals surface area contributed by atoms with Crippen LogP contribution in [0.4, 0.5) is 6.01 Å². The second-order valence-electron chi connectivity index (χ2n) is 4.38. The van der Waals surface area contributed by atoms with Gasteiger partial charge in [-0.15, -0.1) is 5.10 Å². The minimum atomic E-state index is 0.432. The Balaban J connectivity index is 1.84. The van der Waals surface area contributed by atoms with Crippen LogP contribution in [0.3, 0.4) is 0 Å². The number of ether oxygens (including phenoxy) is 1. The number of hydrogen-bond donors (Lipinski definition) is 2. The molecule has 6 heteroatoms. The lowest BCUT2D eigenvalue weighted by atomic mass is 10.2. The van der Waals surface area contributed by atoms with Crippen LogP contribution in [0.1, 0.15) is 24.8 Å². The number of anilines is 1. The molecule has 0 bridgehead atoms.